The van der Waals surface area contributed by atoms with Crippen molar-refractivity contribution < 1.29 is 23.1 Å². The number of phenols is 1. The van der Waals surface area contributed by atoms with Crippen molar-refractivity contribution in [2.75, 3.05) is 26.3 Å². The van der Waals surface area contributed by atoms with Gasteiger partial charge in [0.05, 0.1) is 18.1 Å². The van der Waals surface area contributed by atoms with Gasteiger partial charge in [-0.2, -0.15) is 5.26 Å². The van der Waals surface area contributed by atoms with Crippen LogP contribution in [0.4, 0.5) is 0 Å². The van der Waals surface area contributed by atoms with Crippen LogP contribution in [-0.4, -0.2) is 50.6 Å². The number of aromatic hydroxyl groups is 1. The number of carbonyl (C=O) groups is 1. The van der Waals surface area contributed by atoms with E-state index < -0.39 is 25.6 Å². The summed E-state index contributed by atoms with van der Waals surface area (Å²) >= 11 is 0. The minimum absolute atomic E-state index is 0.0697. The lowest BCUT2D eigenvalue weighted by Crippen LogP contribution is -2.40. The maximum Gasteiger partial charge on any atom is 0.254 e. The molecule has 0 aromatic heterocycles. The Morgan fingerprint density at radius 3 is 1.94 bits per heavy atom. The fourth-order valence-electron chi connectivity index (χ4n) is 4.06. The number of nitrogens with zero attached hydrogens (tertiary/aromatic N) is 2. The van der Waals surface area contributed by atoms with Crippen molar-refractivity contribution in [1.82, 2.24) is 4.90 Å². The van der Waals surface area contributed by atoms with E-state index in [1.807, 2.05) is 47.6 Å². The van der Waals surface area contributed by atoms with Crippen LogP contribution in [0.5, 0.6) is 5.75 Å². The maximum absolute atomic E-state index is 13.3. The number of amides is 1. The summed E-state index contributed by atoms with van der Waals surface area (Å²) in [4.78, 5) is 13.9. The van der Waals surface area contributed by atoms with Crippen molar-refractivity contribution >= 4 is 21.8 Å². The van der Waals surface area contributed by atoms with Crippen LogP contribution in [0.2, 0.25) is 0 Å². The summed E-state index contributed by atoms with van der Waals surface area (Å²) in [5, 5.41) is 20.7. The topological polar surface area (TPSA) is 108 Å². The molecule has 0 unspecified atom stereocenters. The highest BCUT2D eigenvalue weighted by molar-refractivity contribution is 7.95. The first kappa shape index (κ1) is 27.4. The number of nitriles is 1. The third-order valence-corrected chi connectivity index (χ3v) is 7.84. The van der Waals surface area contributed by atoms with Crippen molar-refractivity contribution in [3.05, 3.63) is 63.6 Å². The first-order valence-electron chi connectivity index (χ1n) is 11.9. The highest BCUT2D eigenvalue weighted by Crippen LogP contribution is 2.40. The SMILES string of the molecule is CC(C)(C)c1cc(/C=C(/C#N)S(=O)(=O)c2ccc(C(=O)N3CCOCC3)cc2)cc(C(C)(C)C)c1O. The minimum Gasteiger partial charge on any atom is -0.507 e. The monoisotopic (exact) mass is 510 g/mol. The van der Waals surface area contributed by atoms with Gasteiger partial charge in [0.15, 0.2) is 0 Å². The fraction of sp³-hybridized carbons (Fsp3) is 0.429. The van der Waals surface area contributed by atoms with Crippen molar-refractivity contribution in [2.45, 2.75) is 57.3 Å². The Hall–Kier alpha value is -3.15. The number of rotatable bonds is 4. The number of morpholine rings is 1. The average molecular weight is 511 g/mol. The number of benzene rings is 2. The van der Waals surface area contributed by atoms with Crippen molar-refractivity contribution in [3.8, 4) is 11.8 Å². The lowest BCUT2D eigenvalue weighted by Gasteiger charge is -2.28. The second-order valence-electron chi connectivity index (χ2n) is 11.0. The fourth-order valence-corrected chi connectivity index (χ4v) is 5.22. The molecule has 1 aliphatic rings. The van der Waals surface area contributed by atoms with E-state index in [1.165, 1.54) is 30.3 Å². The molecule has 1 aliphatic heterocycles. The van der Waals surface area contributed by atoms with Gasteiger partial charge in [-0.15, -0.1) is 0 Å². The first-order chi connectivity index (χ1) is 16.7. The number of ether oxygens (including phenoxy) is 1. The highest BCUT2D eigenvalue weighted by atomic mass is 32.2. The second kappa shape index (κ2) is 10.1. The van der Waals surface area contributed by atoms with Crippen molar-refractivity contribution in [3.63, 3.8) is 0 Å². The Morgan fingerprint density at radius 1 is 1.00 bits per heavy atom. The lowest BCUT2D eigenvalue weighted by molar-refractivity contribution is 0.0303. The van der Waals surface area contributed by atoms with Crippen LogP contribution in [0.1, 0.15) is 68.6 Å². The molecule has 0 bridgehead atoms. The molecule has 3 rings (SSSR count). The summed E-state index contributed by atoms with van der Waals surface area (Å²) in [5.74, 6) is -0.0131. The quantitative estimate of drug-likeness (QED) is 0.592. The molecule has 0 atom stereocenters. The molecule has 2 aromatic carbocycles. The van der Waals surface area contributed by atoms with Crippen LogP contribution < -0.4 is 0 Å². The predicted molar refractivity (Wildman–Crippen MR) is 139 cm³/mol. The van der Waals surface area contributed by atoms with Crippen molar-refractivity contribution in [2.24, 2.45) is 0 Å². The largest absolute Gasteiger partial charge is 0.507 e. The molecule has 36 heavy (non-hydrogen) atoms. The van der Waals surface area contributed by atoms with E-state index in [1.54, 1.807) is 17.0 Å². The van der Waals surface area contributed by atoms with Crippen LogP contribution in [-0.2, 0) is 25.4 Å². The predicted octanol–water partition coefficient (Wildman–Crippen LogP) is 4.80. The van der Waals surface area contributed by atoms with Gasteiger partial charge in [-0.3, -0.25) is 4.79 Å². The summed E-state index contributed by atoms with van der Waals surface area (Å²) in [6, 6.07) is 10.9. The zero-order valence-electron chi connectivity index (χ0n) is 21.8. The molecule has 8 heteroatoms. The van der Waals surface area contributed by atoms with Gasteiger partial charge < -0.3 is 14.7 Å². The van der Waals surface area contributed by atoms with Gasteiger partial charge in [-0.25, -0.2) is 8.42 Å². The first-order valence-corrected chi connectivity index (χ1v) is 13.4. The van der Waals surface area contributed by atoms with E-state index in [0.29, 0.717) is 48.6 Å². The van der Waals surface area contributed by atoms with Crippen molar-refractivity contribution in [1.29, 1.82) is 5.26 Å². The molecule has 2 aromatic rings. The normalized spacial score (nSPS) is 15.5. The van der Waals surface area contributed by atoms with Crippen LogP contribution in [0.15, 0.2) is 46.2 Å². The molecule has 0 aliphatic carbocycles. The standard InChI is InChI=1S/C28H34N2O5S/c1-27(2,3)23-16-19(17-24(25(23)31)28(4,5)6)15-22(18-29)36(33,34)21-9-7-20(8-10-21)26(32)30-11-13-35-14-12-30/h7-10,15-17,31H,11-14H2,1-6H3/b22-15-. The Morgan fingerprint density at radius 2 is 1.50 bits per heavy atom. The molecule has 7 nitrogen and oxygen atoms in total. The summed E-state index contributed by atoms with van der Waals surface area (Å²) in [6.45, 7) is 13.7. The maximum atomic E-state index is 13.3. The zero-order valence-corrected chi connectivity index (χ0v) is 22.6. The summed E-state index contributed by atoms with van der Waals surface area (Å²) in [5.41, 5.74) is 1.43. The van der Waals surface area contributed by atoms with E-state index in [-0.39, 0.29) is 16.6 Å². The van der Waals surface area contributed by atoms with Gasteiger partial charge in [-0.1, -0.05) is 41.5 Å². The van der Waals surface area contributed by atoms with Crippen LogP contribution in [0.25, 0.3) is 6.08 Å². The van der Waals surface area contributed by atoms with E-state index >= 15 is 0 Å². The molecule has 1 saturated heterocycles. The summed E-state index contributed by atoms with van der Waals surface area (Å²) < 4.78 is 31.9. The van der Waals surface area contributed by atoms with Gasteiger partial charge in [0.2, 0.25) is 9.84 Å². The molecule has 0 spiro atoms. The number of carbonyl (C=O) groups excluding carboxylic acids is 1. The molecule has 0 saturated carbocycles. The van der Waals surface area contributed by atoms with Crippen LogP contribution >= 0.6 is 0 Å². The molecule has 1 heterocycles. The van der Waals surface area contributed by atoms with E-state index in [4.69, 9.17) is 4.74 Å². The number of phenolic OH excluding ortho intramolecular Hbond substituents is 1. The molecule has 192 valence electrons. The number of hydrogen-bond donors (Lipinski definition) is 1. The van der Waals surface area contributed by atoms with Gasteiger partial charge in [0.1, 0.15) is 16.7 Å². The molecule has 0 radical (unpaired) electrons. The third-order valence-electron chi connectivity index (χ3n) is 6.16. The van der Waals surface area contributed by atoms with Crippen LogP contribution in [0, 0.1) is 11.3 Å². The molecule has 1 fully saturated rings. The van der Waals surface area contributed by atoms with Gasteiger partial charge in [0.25, 0.3) is 5.91 Å². The van der Waals surface area contributed by atoms with Gasteiger partial charge in [-0.05, 0) is 58.9 Å². The van der Waals surface area contributed by atoms with E-state index in [0.717, 1.165) is 0 Å². The van der Waals surface area contributed by atoms with E-state index in [2.05, 4.69) is 0 Å². The zero-order chi connectivity index (χ0) is 26.9. The number of sulfone groups is 1. The van der Waals surface area contributed by atoms with E-state index in [9.17, 15) is 23.6 Å². The Balaban J connectivity index is 2.02. The smallest absolute Gasteiger partial charge is 0.254 e. The highest BCUT2D eigenvalue weighted by Gasteiger charge is 2.28. The molecular weight excluding hydrogens is 476 g/mol. The van der Waals surface area contributed by atoms with Crippen LogP contribution in [0.3, 0.4) is 0 Å². The van der Waals surface area contributed by atoms with Gasteiger partial charge >= 0.3 is 0 Å². The summed E-state index contributed by atoms with van der Waals surface area (Å²) in [7, 11) is -4.13. The van der Waals surface area contributed by atoms with Gasteiger partial charge in [0, 0.05) is 29.8 Å². The molecule has 1 N–H and O–H groups in total. The second-order valence-corrected chi connectivity index (χ2v) is 12.9. The summed E-state index contributed by atoms with van der Waals surface area (Å²) in [6.07, 6.45) is 1.34. The Labute approximate surface area is 213 Å². The number of hydrogen-bond acceptors (Lipinski definition) is 6. The lowest BCUT2D eigenvalue weighted by atomic mass is 9.78. The minimum atomic E-state index is -4.13. The number of allylic oxidation sites excluding steroid dienone is 1. The molecular formula is C28H34N2O5S. The Kier molecular flexibility index (Phi) is 7.68. The molecule has 1 amide bonds. The third kappa shape index (κ3) is 5.80. The average Bonchev–Trinajstić information content (AvgIpc) is 2.81. The Bertz CT molecular complexity index is 1280.